The molecule has 0 saturated carbocycles. The molecule has 15 rings (SSSR count). The third-order valence-electron chi connectivity index (χ3n) is 18.0. The number of likely N-dealkylation sites (tertiary alicyclic amines) is 3. The van der Waals surface area contributed by atoms with Crippen LogP contribution in [0, 0.1) is 12.3 Å². The van der Waals surface area contributed by atoms with Crippen molar-refractivity contribution in [3.63, 3.8) is 0 Å². The van der Waals surface area contributed by atoms with Crippen molar-refractivity contribution >= 4 is 68.3 Å². The fraction of sp³-hybridized carbons (Fsp3) is 0.231. The first-order valence-electron chi connectivity index (χ1n) is 34.0. The Hall–Kier alpha value is -12.8. The number of carbonyl (C=O) groups is 3. The maximum absolute atomic E-state index is 12.8. The van der Waals surface area contributed by atoms with Gasteiger partial charge in [-0.15, -0.1) is 6.42 Å². The highest BCUT2D eigenvalue weighted by atomic mass is 16.5. The number of likely N-dealkylation sites (N-methyl/N-ethyl adjacent to an activating group) is 1. The number of nitrogens with zero attached hydrogens (tertiary/aromatic N) is 16. The van der Waals surface area contributed by atoms with Gasteiger partial charge in [0.1, 0.15) is 88.0 Å². The molecule has 3 aliphatic rings. The molecule has 25 nitrogen and oxygen atoms in total. The quantitative estimate of drug-likeness (QED) is 0.0598. The predicted molar refractivity (Wildman–Crippen MR) is 396 cm³/mol. The summed E-state index contributed by atoms with van der Waals surface area (Å²) in [4.78, 5) is 70.5. The minimum absolute atomic E-state index is 0.00566. The van der Waals surface area contributed by atoms with E-state index in [1.807, 2.05) is 208 Å². The zero-order valence-electron chi connectivity index (χ0n) is 57.1. The van der Waals surface area contributed by atoms with E-state index in [1.165, 1.54) is 25.1 Å². The minimum atomic E-state index is -0.306. The molecule has 0 bridgehead atoms. The molecule has 3 fully saturated rings. The highest BCUT2D eigenvalue weighted by Crippen LogP contribution is 2.39. The Labute approximate surface area is 594 Å². The Kier molecular flexibility index (Phi) is 21.1. The topological polar surface area (TPSA) is 301 Å². The summed E-state index contributed by atoms with van der Waals surface area (Å²) in [6, 6.07) is 51.9. The van der Waals surface area contributed by atoms with Gasteiger partial charge in [0.05, 0.1) is 34.3 Å². The van der Waals surface area contributed by atoms with Crippen LogP contribution in [-0.4, -0.2) is 156 Å². The van der Waals surface area contributed by atoms with Crippen LogP contribution in [-0.2, 0) is 14.4 Å². The van der Waals surface area contributed by atoms with Gasteiger partial charge in [0, 0.05) is 68.6 Å². The van der Waals surface area contributed by atoms with Crippen molar-refractivity contribution in [2.75, 3.05) is 77.1 Å². The lowest BCUT2D eigenvalue weighted by Crippen LogP contribution is -2.40. The number of rotatable bonds is 16. The van der Waals surface area contributed by atoms with Gasteiger partial charge in [0.25, 0.3) is 5.91 Å². The Morgan fingerprint density at radius 2 is 0.796 bits per heavy atom. The molecule has 2 unspecified atom stereocenters. The van der Waals surface area contributed by atoms with Crippen molar-refractivity contribution in [3.05, 3.63) is 208 Å². The average molecular weight is 1380 g/mol. The second kappa shape index (κ2) is 31.6. The van der Waals surface area contributed by atoms with E-state index in [4.69, 9.17) is 53.1 Å². The molecular formula is C78H77N19O6. The predicted octanol–water partition coefficient (Wildman–Crippen LogP) is 12.0. The number of amides is 3. The highest BCUT2D eigenvalue weighted by molar-refractivity contribution is 6.00. The lowest BCUT2D eigenvalue weighted by atomic mass is 10.1. The van der Waals surface area contributed by atoms with Gasteiger partial charge in [-0.2, -0.15) is 15.3 Å². The molecule has 3 amide bonds. The molecule has 25 heteroatoms. The Morgan fingerprint density at radius 1 is 0.476 bits per heavy atom. The number of terminal acetylenes is 1. The van der Waals surface area contributed by atoms with E-state index in [0.717, 1.165) is 97.1 Å². The standard InChI is InChI=1S/C28H31N7O2.C25H24N6O2.C25H22N6O2/c1-33(2)16-7-11-24(36)34-17-6-8-21(18-34)35-28-25(27(29)30-19-31-28)26(32-35)20-12-14-23(15-13-20)37-22-9-4-3-5-10-22;2*1-2-21(32)30-14-6-7-18(15-30)31-25-22(24(26)27-16-28-25)23(29-31)17-10-12-20(13-11-17)33-19-8-4-3-5-9-19/h3-5,7,9-15,19,21H,6,8,16-18H2,1-2H3,(H2,29,30,31);2-5,8-13,16,18H,1,6-7,14-15H2,(H2,26,27,28);1,3-5,8-13,16,18H,6-7,14-15H2,(H2,26,27,28)/b11-7+;;/t;18-;/m.1./s1. The monoisotopic (exact) mass is 1380 g/mol. The van der Waals surface area contributed by atoms with Crippen LogP contribution in [0.25, 0.3) is 66.9 Å². The zero-order valence-corrected chi connectivity index (χ0v) is 57.1. The number of benzene rings is 6. The van der Waals surface area contributed by atoms with Gasteiger partial charge in [-0.05, 0) is 174 Å². The van der Waals surface area contributed by atoms with Crippen LogP contribution < -0.4 is 31.4 Å². The fourth-order valence-corrected chi connectivity index (χ4v) is 13.0. The van der Waals surface area contributed by atoms with Crippen molar-refractivity contribution in [1.82, 2.24) is 78.8 Å². The van der Waals surface area contributed by atoms with Crippen LogP contribution in [0.3, 0.4) is 0 Å². The molecule has 520 valence electrons. The number of carbonyl (C=O) groups excluding carboxylic acids is 3. The van der Waals surface area contributed by atoms with Gasteiger partial charge in [-0.25, -0.2) is 43.9 Å². The van der Waals surface area contributed by atoms with Crippen LogP contribution in [0.2, 0.25) is 0 Å². The van der Waals surface area contributed by atoms with E-state index in [9.17, 15) is 14.4 Å². The maximum Gasteiger partial charge on any atom is 0.298 e. The van der Waals surface area contributed by atoms with Crippen molar-refractivity contribution in [2.24, 2.45) is 0 Å². The first-order valence-corrected chi connectivity index (χ1v) is 34.0. The fourth-order valence-electron chi connectivity index (χ4n) is 13.0. The second-order valence-corrected chi connectivity index (χ2v) is 25.3. The van der Waals surface area contributed by atoms with E-state index < -0.39 is 0 Å². The third-order valence-corrected chi connectivity index (χ3v) is 18.0. The summed E-state index contributed by atoms with van der Waals surface area (Å²) in [5.41, 5.74) is 25.6. The van der Waals surface area contributed by atoms with Crippen LogP contribution in [0.5, 0.6) is 34.5 Å². The number of para-hydroxylation sites is 3. The molecule has 3 atom stereocenters. The molecule has 6 aromatic carbocycles. The second-order valence-electron chi connectivity index (χ2n) is 25.3. The van der Waals surface area contributed by atoms with E-state index >= 15 is 0 Å². The number of hydrogen-bond donors (Lipinski definition) is 3. The van der Waals surface area contributed by atoms with Crippen molar-refractivity contribution in [2.45, 2.75) is 56.7 Å². The number of nitrogens with two attached hydrogens (primary N) is 3. The smallest absolute Gasteiger partial charge is 0.298 e. The summed E-state index contributed by atoms with van der Waals surface area (Å²) < 4.78 is 23.4. The zero-order chi connectivity index (χ0) is 71.3. The number of ether oxygens (including phenoxy) is 3. The SMILES string of the molecule is C#CC(=O)N1CCCC(n2nc(-c3ccc(Oc4ccccc4)cc3)c3c(N)ncnc32)C1.C=CC(=O)N1CCC[C@@H](n2nc(-c3ccc(Oc4ccccc4)cc3)c3c(N)ncnc32)C1.CN(C)C/C=C/C(=O)N1CCCC(n2nc(-c3ccc(Oc4ccccc4)cc3)c3c(N)ncnc32)C1. The Bertz CT molecular complexity index is 5040. The number of fused-ring (bicyclic) bond motifs is 3. The summed E-state index contributed by atoms with van der Waals surface area (Å²) in [6.45, 7) is 8.02. The molecule has 0 spiro atoms. The number of anilines is 3. The summed E-state index contributed by atoms with van der Waals surface area (Å²) in [5.74, 6) is 7.45. The molecule has 0 radical (unpaired) electrons. The number of aromatic nitrogens is 12. The van der Waals surface area contributed by atoms with Gasteiger partial charge in [0.15, 0.2) is 16.9 Å². The molecule has 3 saturated heterocycles. The molecular weight excluding hydrogens is 1300 g/mol. The normalized spacial score (nSPS) is 16.0. The maximum atomic E-state index is 12.8. The van der Waals surface area contributed by atoms with Gasteiger partial charge in [-0.1, -0.05) is 67.3 Å². The van der Waals surface area contributed by atoms with Crippen molar-refractivity contribution in [1.29, 1.82) is 0 Å². The van der Waals surface area contributed by atoms with Crippen molar-refractivity contribution < 1.29 is 28.6 Å². The van der Waals surface area contributed by atoms with Gasteiger partial charge < -0.3 is 51.0 Å². The molecule has 3 aliphatic heterocycles. The van der Waals surface area contributed by atoms with Gasteiger partial charge in [0.2, 0.25) is 11.8 Å². The minimum Gasteiger partial charge on any atom is -0.457 e. The average Bonchev–Trinajstić information content (AvgIpc) is 1.63. The molecule has 103 heavy (non-hydrogen) atoms. The van der Waals surface area contributed by atoms with Crippen molar-refractivity contribution in [3.8, 4) is 80.6 Å². The largest absolute Gasteiger partial charge is 0.457 e. The molecule has 0 aliphatic carbocycles. The first-order chi connectivity index (χ1) is 50.3. The summed E-state index contributed by atoms with van der Waals surface area (Å²) >= 11 is 0. The van der Waals surface area contributed by atoms with Crippen LogP contribution >= 0.6 is 0 Å². The van der Waals surface area contributed by atoms with Crippen LogP contribution in [0.4, 0.5) is 17.5 Å². The van der Waals surface area contributed by atoms with E-state index in [1.54, 1.807) is 15.9 Å². The first kappa shape index (κ1) is 68.7. The van der Waals surface area contributed by atoms with Crippen LogP contribution in [0.1, 0.15) is 56.7 Å². The number of hydrogen-bond acceptors (Lipinski definition) is 19. The lowest BCUT2D eigenvalue weighted by Gasteiger charge is -2.32. The summed E-state index contributed by atoms with van der Waals surface area (Å²) in [5, 5.41) is 16.9. The van der Waals surface area contributed by atoms with E-state index in [0.29, 0.717) is 106 Å². The molecule has 6 aromatic heterocycles. The molecule has 12 aromatic rings. The molecule has 9 heterocycles. The number of piperidine rings is 3. The van der Waals surface area contributed by atoms with Crippen LogP contribution in [0.15, 0.2) is 208 Å². The number of nitrogen functional groups attached to an aromatic ring is 3. The highest BCUT2D eigenvalue weighted by Gasteiger charge is 2.32. The van der Waals surface area contributed by atoms with E-state index in [2.05, 4.69) is 42.4 Å². The lowest BCUT2D eigenvalue weighted by molar-refractivity contribution is -0.128. The van der Waals surface area contributed by atoms with Gasteiger partial charge >= 0.3 is 0 Å². The molecule has 6 N–H and O–H groups in total. The van der Waals surface area contributed by atoms with Gasteiger partial charge in [-0.3, -0.25) is 14.4 Å². The third kappa shape index (κ3) is 15.8. The summed E-state index contributed by atoms with van der Waals surface area (Å²) in [6.07, 6.45) is 19.8. The van der Waals surface area contributed by atoms with E-state index in [-0.39, 0.29) is 35.8 Å². The Morgan fingerprint density at radius 3 is 1.13 bits per heavy atom. The Balaban J connectivity index is 0.000000138. The summed E-state index contributed by atoms with van der Waals surface area (Å²) in [7, 11) is 3.95.